The number of pyridine rings is 1. The molecule has 31 heavy (non-hydrogen) atoms. The normalized spacial score (nSPS) is 17.0. The van der Waals surface area contributed by atoms with Gasteiger partial charge in [-0.05, 0) is 39.8 Å². The Kier molecular flexibility index (Phi) is 5.81. The molecule has 0 unspecified atom stereocenters. The number of nitrogens with zero attached hydrogens (tertiary/aromatic N) is 4. The van der Waals surface area contributed by atoms with E-state index in [4.69, 9.17) is 9.47 Å². The molecule has 1 aliphatic heterocycles. The molecule has 1 aromatic carbocycles. The molecule has 0 saturated heterocycles. The van der Waals surface area contributed by atoms with Gasteiger partial charge in [-0.3, -0.25) is 4.79 Å². The third-order valence-electron chi connectivity index (χ3n) is 5.43. The molecule has 164 valence electrons. The number of nitriles is 1. The lowest BCUT2D eigenvalue weighted by atomic mass is 10.0. The van der Waals surface area contributed by atoms with E-state index in [1.165, 1.54) is 4.57 Å². The van der Waals surface area contributed by atoms with E-state index in [9.17, 15) is 14.9 Å². The van der Waals surface area contributed by atoms with Crippen molar-refractivity contribution in [3.05, 3.63) is 34.1 Å². The van der Waals surface area contributed by atoms with Crippen molar-refractivity contribution in [2.24, 2.45) is 7.05 Å². The molecule has 1 atom stereocenters. The van der Waals surface area contributed by atoms with Crippen LogP contribution in [0.1, 0.15) is 40.2 Å². The van der Waals surface area contributed by atoms with E-state index in [0.29, 0.717) is 30.0 Å². The highest BCUT2D eigenvalue weighted by molar-refractivity contribution is 5.98. The number of hydrogen-bond acceptors (Lipinski definition) is 6. The van der Waals surface area contributed by atoms with Crippen molar-refractivity contribution in [1.29, 1.82) is 5.26 Å². The van der Waals surface area contributed by atoms with Crippen LogP contribution in [0.3, 0.4) is 0 Å². The summed E-state index contributed by atoms with van der Waals surface area (Å²) in [7, 11) is 3.22. The Bertz CT molecular complexity index is 1180. The van der Waals surface area contributed by atoms with Crippen LogP contribution in [0, 0.1) is 11.3 Å². The van der Waals surface area contributed by atoms with Gasteiger partial charge in [0.15, 0.2) is 12.3 Å². The van der Waals surface area contributed by atoms with Gasteiger partial charge < -0.3 is 18.9 Å². The maximum absolute atomic E-state index is 13.0. The topological polar surface area (TPSA) is 87.6 Å². The number of carbonyl (C=O) groups is 1. The van der Waals surface area contributed by atoms with Crippen LogP contribution in [-0.4, -0.2) is 52.8 Å². The van der Waals surface area contributed by atoms with Crippen molar-refractivity contribution in [3.63, 3.8) is 0 Å². The average molecular weight is 426 g/mol. The molecular formula is C23H29N4O4+. The molecule has 3 rings (SSSR count). The summed E-state index contributed by atoms with van der Waals surface area (Å²) in [6, 6.07) is 7.44. The Labute approximate surface area is 181 Å². The monoisotopic (exact) mass is 425 g/mol. The van der Waals surface area contributed by atoms with E-state index in [0.717, 1.165) is 11.1 Å². The van der Waals surface area contributed by atoms with Crippen LogP contribution in [0.2, 0.25) is 0 Å². The molecule has 0 aliphatic carbocycles. The van der Waals surface area contributed by atoms with Gasteiger partial charge in [-0.15, -0.1) is 4.58 Å². The zero-order chi connectivity index (χ0) is 23.1. The number of hydrogen-bond donors (Lipinski definition) is 0. The quantitative estimate of drug-likeness (QED) is 0.688. The number of amides is 1. The fourth-order valence-electron chi connectivity index (χ4n) is 3.88. The Hall–Kier alpha value is -3.34. The molecule has 0 N–H and O–H groups in total. The Morgan fingerprint density at radius 1 is 1.32 bits per heavy atom. The Balaban J connectivity index is 2.16. The summed E-state index contributed by atoms with van der Waals surface area (Å²) < 4.78 is 14.0. The van der Waals surface area contributed by atoms with Crippen molar-refractivity contribution in [2.75, 3.05) is 25.1 Å². The zero-order valence-electron chi connectivity index (χ0n) is 19.1. The summed E-state index contributed by atoms with van der Waals surface area (Å²) in [6.45, 7) is 10.1. The third-order valence-corrected chi connectivity index (χ3v) is 5.43. The SMILES string of the molecule is COc1ccc2c(N3CC(C)=[N+](C(=O)OC(C)(C)C)C[C@@H]3C)c(C#N)c(=O)n(C)c2c1. The minimum Gasteiger partial charge on any atom is -0.497 e. The first-order chi connectivity index (χ1) is 14.5. The molecule has 0 spiro atoms. The number of methoxy groups -OCH3 is 1. The number of benzene rings is 1. The first kappa shape index (κ1) is 22.3. The van der Waals surface area contributed by atoms with E-state index in [2.05, 4.69) is 6.07 Å². The van der Waals surface area contributed by atoms with Gasteiger partial charge in [-0.2, -0.15) is 10.1 Å². The van der Waals surface area contributed by atoms with Crippen LogP contribution < -0.4 is 15.2 Å². The number of aromatic nitrogens is 1. The van der Waals surface area contributed by atoms with Crippen LogP contribution in [0.25, 0.3) is 10.9 Å². The molecule has 0 radical (unpaired) electrons. The van der Waals surface area contributed by atoms with Crippen molar-refractivity contribution in [1.82, 2.24) is 4.57 Å². The van der Waals surface area contributed by atoms with Gasteiger partial charge in [0.1, 0.15) is 23.0 Å². The van der Waals surface area contributed by atoms with Crippen molar-refractivity contribution in [2.45, 2.75) is 46.3 Å². The average Bonchev–Trinajstić information content (AvgIpc) is 2.70. The first-order valence-electron chi connectivity index (χ1n) is 10.2. The van der Waals surface area contributed by atoms with Gasteiger partial charge in [-0.1, -0.05) is 0 Å². The van der Waals surface area contributed by atoms with Gasteiger partial charge >= 0.3 is 6.09 Å². The lowest BCUT2D eigenvalue weighted by Crippen LogP contribution is -2.52. The number of rotatable bonds is 2. The number of aryl methyl sites for hydroxylation is 1. The molecule has 0 saturated carbocycles. The second-order valence-electron chi connectivity index (χ2n) is 8.89. The number of ether oxygens (including phenoxy) is 2. The van der Waals surface area contributed by atoms with Gasteiger partial charge in [0.2, 0.25) is 0 Å². The van der Waals surface area contributed by atoms with Gasteiger partial charge in [-0.25, -0.2) is 0 Å². The van der Waals surface area contributed by atoms with Crippen molar-refractivity contribution < 1.29 is 18.8 Å². The maximum atomic E-state index is 13.0. The van der Waals surface area contributed by atoms with Crippen LogP contribution in [0.15, 0.2) is 23.0 Å². The summed E-state index contributed by atoms with van der Waals surface area (Å²) in [5.41, 5.74) is 1.19. The fourth-order valence-corrected chi connectivity index (χ4v) is 3.88. The number of anilines is 1. The van der Waals surface area contributed by atoms with Gasteiger partial charge in [0, 0.05) is 25.4 Å². The second kappa shape index (κ2) is 8.06. The van der Waals surface area contributed by atoms with E-state index < -0.39 is 11.7 Å². The molecule has 0 bridgehead atoms. The lowest BCUT2D eigenvalue weighted by Gasteiger charge is -2.34. The first-order valence-corrected chi connectivity index (χ1v) is 10.2. The zero-order valence-corrected chi connectivity index (χ0v) is 19.1. The largest absolute Gasteiger partial charge is 0.596 e. The second-order valence-corrected chi connectivity index (χ2v) is 8.89. The van der Waals surface area contributed by atoms with Gasteiger partial charge in [0.05, 0.1) is 30.9 Å². The van der Waals surface area contributed by atoms with Crippen LogP contribution in [-0.2, 0) is 11.8 Å². The highest BCUT2D eigenvalue weighted by atomic mass is 16.6. The summed E-state index contributed by atoms with van der Waals surface area (Å²) >= 11 is 0. The highest BCUT2D eigenvalue weighted by Gasteiger charge is 2.38. The Morgan fingerprint density at radius 2 is 2.00 bits per heavy atom. The fraction of sp³-hybridized carbons (Fsp3) is 0.478. The van der Waals surface area contributed by atoms with Crippen LogP contribution >= 0.6 is 0 Å². The summed E-state index contributed by atoms with van der Waals surface area (Å²) in [5.74, 6) is 0.628. The maximum Gasteiger partial charge on any atom is 0.596 e. The summed E-state index contributed by atoms with van der Waals surface area (Å²) in [6.07, 6.45) is -0.393. The van der Waals surface area contributed by atoms with Crippen LogP contribution in [0.4, 0.5) is 10.5 Å². The predicted molar refractivity (Wildman–Crippen MR) is 119 cm³/mol. The smallest absolute Gasteiger partial charge is 0.497 e. The standard InChI is InChI=1S/C23H29N4O4/c1-14-13-27(22(29)31-23(3,4)5)15(2)12-26(14)20-17-9-8-16(30-7)10-19(17)25(6)21(28)18(20)11-24/h8-10,14H,12-13H2,1-7H3/q+1/t14-/m0/s1. The van der Waals surface area contributed by atoms with E-state index in [-0.39, 0.29) is 17.2 Å². The van der Waals surface area contributed by atoms with E-state index >= 15 is 0 Å². The molecule has 1 aromatic heterocycles. The summed E-state index contributed by atoms with van der Waals surface area (Å²) in [4.78, 5) is 27.7. The number of carbonyl (C=O) groups excluding carboxylic acids is 1. The molecular weight excluding hydrogens is 396 g/mol. The van der Waals surface area contributed by atoms with Crippen molar-refractivity contribution in [3.8, 4) is 11.8 Å². The highest BCUT2D eigenvalue weighted by Crippen LogP contribution is 2.33. The van der Waals surface area contributed by atoms with Crippen LogP contribution in [0.5, 0.6) is 5.75 Å². The van der Waals surface area contributed by atoms with Crippen molar-refractivity contribution >= 4 is 28.4 Å². The predicted octanol–water partition coefficient (Wildman–Crippen LogP) is 3.04. The number of fused-ring (bicyclic) bond motifs is 1. The third kappa shape index (κ3) is 4.13. The Morgan fingerprint density at radius 3 is 2.58 bits per heavy atom. The minimum absolute atomic E-state index is 0.0885. The van der Waals surface area contributed by atoms with E-state index in [1.807, 2.05) is 51.7 Å². The minimum atomic E-state index is -0.591. The van der Waals surface area contributed by atoms with E-state index in [1.54, 1.807) is 24.8 Å². The molecule has 2 aromatic rings. The molecule has 8 nitrogen and oxygen atoms in total. The molecule has 0 fully saturated rings. The molecule has 8 heteroatoms. The molecule has 1 aliphatic rings. The molecule has 1 amide bonds. The molecule has 2 heterocycles. The lowest BCUT2D eigenvalue weighted by molar-refractivity contribution is -0.457. The summed E-state index contributed by atoms with van der Waals surface area (Å²) in [5, 5.41) is 10.6. The van der Waals surface area contributed by atoms with Gasteiger partial charge in [0.25, 0.3) is 5.56 Å².